The average Bonchev–Trinajstić information content (AvgIpc) is 2.55. The van der Waals surface area contributed by atoms with Crippen LogP contribution in [0.5, 0.6) is 5.75 Å². The first-order valence-electron chi connectivity index (χ1n) is 7.13. The van der Waals surface area contributed by atoms with Crippen molar-refractivity contribution in [1.82, 2.24) is 4.98 Å². The van der Waals surface area contributed by atoms with Crippen molar-refractivity contribution >= 4 is 11.5 Å². The highest BCUT2D eigenvalue weighted by molar-refractivity contribution is 5.52. The van der Waals surface area contributed by atoms with E-state index in [9.17, 15) is 8.78 Å². The van der Waals surface area contributed by atoms with Crippen molar-refractivity contribution in [2.24, 2.45) is 0 Å². The molecule has 3 rings (SSSR count). The van der Waals surface area contributed by atoms with Crippen LogP contribution >= 0.6 is 0 Å². The summed E-state index contributed by atoms with van der Waals surface area (Å²) in [4.78, 5) is 8.02. The predicted octanol–water partition coefficient (Wildman–Crippen LogP) is 2.70. The lowest BCUT2D eigenvalue weighted by Gasteiger charge is -2.36. The van der Waals surface area contributed by atoms with E-state index >= 15 is 0 Å². The minimum absolute atomic E-state index is 0.242. The van der Waals surface area contributed by atoms with Crippen LogP contribution in [0.2, 0.25) is 0 Å². The molecule has 116 valence electrons. The zero-order valence-corrected chi connectivity index (χ0v) is 12.3. The standard InChI is InChI=1S/C16H17F2N3O/c1-22-14-6-5-12(11-13(14)17)20-7-9-21(10-8-20)16-4-2-3-15(18)19-16/h2-6,11H,7-10H2,1H3. The largest absolute Gasteiger partial charge is 0.494 e. The molecule has 0 bridgehead atoms. The lowest BCUT2D eigenvalue weighted by Crippen LogP contribution is -2.46. The summed E-state index contributed by atoms with van der Waals surface area (Å²) in [5.41, 5.74) is 0.824. The Morgan fingerprint density at radius 2 is 1.73 bits per heavy atom. The van der Waals surface area contributed by atoms with Crippen LogP contribution < -0.4 is 14.5 Å². The molecule has 0 atom stereocenters. The van der Waals surface area contributed by atoms with Crippen molar-refractivity contribution in [3.05, 3.63) is 48.2 Å². The summed E-state index contributed by atoms with van der Waals surface area (Å²) in [5.74, 6) is 0.0401. The van der Waals surface area contributed by atoms with Crippen molar-refractivity contribution < 1.29 is 13.5 Å². The molecule has 1 saturated heterocycles. The fraction of sp³-hybridized carbons (Fsp3) is 0.312. The van der Waals surface area contributed by atoms with Crippen molar-refractivity contribution in [3.63, 3.8) is 0 Å². The van der Waals surface area contributed by atoms with Gasteiger partial charge in [0, 0.05) is 37.9 Å². The fourth-order valence-electron chi connectivity index (χ4n) is 2.62. The number of hydrogen-bond acceptors (Lipinski definition) is 4. The zero-order valence-electron chi connectivity index (χ0n) is 12.3. The van der Waals surface area contributed by atoms with Gasteiger partial charge in [0.15, 0.2) is 11.6 Å². The summed E-state index contributed by atoms with van der Waals surface area (Å²) >= 11 is 0. The maximum Gasteiger partial charge on any atom is 0.214 e. The summed E-state index contributed by atoms with van der Waals surface area (Å²) in [6.45, 7) is 2.88. The van der Waals surface area contributed by atoms with Gasteiger partial charge in [0.05, 0.1) is 7.11 Å². The van der Waals surface area contributed by atoms with E-state index in [1.807, 2.05) is 11.0 Å². The molecule has 2 aromatic rings. The van der Waals surface area contributed by atoms with Crippen molar-refractivity contribution in [2.75, 3.05) is 43.1 Å². The van der Waals surface area contributed by atoms with Crippen LogP contribution in [0.1, 0.15) is 0 Å². The van der Waals surface area contributed by atoms with Crippen LogP contribution in [0, 0.1) is 11.8 Å². The number of rotatable bonds is 3. The van der Waals surface area contributed by atoms with E-state index in [4.69, 9.17) is 4.74 Å². The Labute approximate surface area is 127 Å². The van der Waals surface area contributed by atoms with Gasteiger partial charge in [-0.25, -0.2) is 9.37 Å². The van der Waals surface area contributed by atoms with Gasteiger partial charge in [-0.2, -0.15) is 4.39 Å². The Balaban J connectivity index is 1.68. The highest BCUT2D eigenvalue weighted by Gasteiger charge is 2.19. The molecule has 0 spiro atoms. The van der Waals surface area contributed by atoms with Crippen molar-refractivity contribution in [3.8, 4) is 5.75 Å². The van der Waals surface area contributed by atoms with Crippen LogP contribution in [-0.4, -0.2) is 38.3 Å². The molecule has 0 aliphatic carbocycles. The third-order valence-electron chi connectivity index (χ3n) is 3.80. The molecule has 4 nitrogen and oxygen atoms in total. The molecule has 0 N–H and O–H groups in total. The number of ether oxygens (including phenoxy) is 1. The molecule has 0 radical (unpaired) electrons. The maximum absolute atomic E-state index is 13.8. The van der Waals surface area contributed by atoms with Crippen molar-refractivity contribution in [1.29, 1.82) is 0 Å². The monoisotopic (exact) mass is 305 g/mol. The van der Waals surface area contributed by atoms with Gasteiger partial charge in [0.25, 0.3) is 0 Å². The molecule has 2 heterocycles. The van der Waals surface area contributed by atoms with Gasteiger partial charge in [-0.15, -0.1) is 0 Å². The second-order valence-corrected chi connectivity index (χ2v) is 5.11. The first kappa shape index (κ1) is 14.6. The highest BCUT2D eigenvalue weighted by Crippen LogP contribution is 2.25. The van der Waals surface area contributed by atoms with E-state index in [2.05, 4.69) is 9.88 Å². The van der Waals surface area contributed by atoms with Gasteiger partial charge in [-0.3, -0.25) is 0 Å². The summed E-state index contributed by atoms with van der Waals surface area (Å²) in [6, 6.07) is 9.74. The SMILES string of the molecule is COc1ccc(N2CCN(c3cccc(F)n3)CC2)cc1F. The summed E-state index contributed by atoms with van der Waals surface area (Å²) < 4.78 is 31.9. The maximum atomic E-state index is 13.8. The van der Waals surface area contributed by atoms with E-state index in [0.29, 0.717) is 18.9 Å². The molecule has 0 saturated carbocycles. The van der Waals surface area contributed by atoms with Crippen LogP contribution in [0.15, 0.2) is 36.4 Å². The predicted molar refractivity (Wildman–Crippen MR) is 81.6 cm³/mol. The first-order valence-corrected chi connectivity index (χ1v) is 7.13. The Morgan fingerprint density at radius 1 is 1.00 bits per heavy atom. The number of benzene rings is 1. The quantitative estimate of drug-likeness (QED) is 0.815. The topological polar surface area (TPSA) is 28.6 Å². The molecule has 0 amide bonds. The molecule has 22 heavy (non-hydrogen) atoms. The summed E-state index contributed by atoms with van der Waals surface area (Å²) in [5, 5.41) is 0. The van der Waals surface area contributed by atoms with Gasteiger partial charge < -0.3 is 14.5 Å². The molecule has 1 aromatic carbocycles. The normalized spacial score (nSPS) is 15.0. The molecule has 0 unspecified atom stereocenters. The number of anilines is 2. The second-order valence-electron chi connectivity index (χ2n) is 5.11. The summed E-state index contributed by atoms with van der Waals surface area (Å²) in [7, 11) is 1.45. The number of nitrogens with zero attached hydrogens (tertiary/aromatic N) is 3. The average molecular weight is 305 g/mol. The molecular weight excluding hydrogens is 288 g/mol. The molecule has 1 aromatic heterocycles. The van der Waals surface area contributed by atoms with Crippen molar-refractivity contribution in [2.45, 2.75) is 0 Å². The number of piperazine rings is 1. The number of pyridine rings is 1. The van der Waals surface area contributed by atoms with E-state index in [1.54, 1.807) is 18.2 Å². The van der Waals surface area contributed by atoms with Gasteiger partial charge in [-0.05, 0) is 24.3 Å². The molecule has 1 fully saturated rings. The molecule has 1 aliphatic heterocycles. The lowest BCUT2D eigenvalue weighted by molar-refractivity contribution is 0.386. The Hall–Kier alpha value is -2.37. The minimum Gasteiger partial charge on any atom is -0.494 e. The van der Waals surface area contributed by atoms with Crippen LogP contribution in [0.4, 0.5) is 20.3 Å². The summed E-state index contributed by atoms with van der Waals surface area (Å²) in [6.07, 6.45) is 0. The van der Waals surface area contributed by atoms with E-state index in [1.165, 1.54) is 19.2 Å². The number of methoxy groups -OCH3 is 1. The number of hydrogen-bond donors (Lipinski definition) is 0. The smallest absolute Gasteiger partial charge is 0.214 e. The Kier molecular flexibility index (Phi) is 4.09. The van der Waals surface area contributed by atoms with E-state index in [0.717, 1.165) is 18.8 Å². The molecule has 1 aliphatic rings. The third-order valence-corrected chi connectivity index (χ3v) is 3.80. The zero-order chi connectivity index (χ0) is 15.5. The van der Waals surface area contributed by atoms with Gasteiger partial charge in [0.2, 0.25) is 5.95 Å². The molecule has 6 heteroatoms. The number of halogens is 2. The molecular formula is C16H17F2N3O. The minimum atomic E-state index is -0.475. The second kappa shape index (κ2) is 6.17. The van der Waals surface area contributed by atoms with E-state index < -0.39 is 5.95 Å². The Morgan fingerprint density at radius 3 is 2.36 bits per heavy atom. The van der Waals surface area contributed by atoms with Crippen LogP contribution in [-0.2, 0) is 0 Å². The highest BCUT2D eigenvalue weighted by atomic mass is 19.1. The Bertz CT molecular complexity index is 658. The number of aromatic nitrogens is 1. The lowest BCUT2D eigenvalue weighted by atomic mass is 10.2. The van der Waals surface area contributed by atoms with Crippen LogP contribution in [0.25, 0.3) is 0 Å². The first-order chi connectivity index (χ1) is 10.7. The van der Waals surface area contributed by atoms with Gasteiger partial charge in [-0.1, -0.05) is 6.07 Å². The van der Waals surface area contributed by atoms with Crippen LogP contribution in [0.3, 0.4) is 0 Å². The fourth-order valence-corrected chi connectivity index (χ4v) is 2.62. The third kappa shape index (κ3) is 2.95. The van der Waals surface area contributed by atoms with Gasteiger partial charge >= 0.3 is 0 Å². The van der Waals surface area contributed by atoms with E-state index in [-0.39, 0.29) is 11.6 Å². The van der Waals surface area contributed by atoms with Gasteiger partial charge in [0.1, 0.15) is 5.82 Å².